The van der Waals surface area contributed by atoms with Crippen molar-refractivity contribution in [2.24, 2.45) is 0 Å². The number of hydrogen-bond acceptors (Lipinski definition) is 9. The van der Waals surface area contributed by atoms with Crippen LogP contribution in [0.2, 0.25) is 0 Å². The number of carbonyl (C=O) groups is 1. The molecule has 0 aromatic heterocycles. The minimum Gasteiger partial charge on any atom is -0.394 e. The summed E-state index contributed by atoms with van der Waals surface area (Å²) in [5.74, 6) is -0.624. The third-order valence-corrected chi connectivity index (χ3v) is 15.0. The third-order valence-electron chi connectivity index (χ3n) is 15.0. The van der Waals surface area contributed by atoms with Crippen molar-refractivity contribution in [3.63, 3.8) is 0 Å². The molecule has 0 aliphatic carbocycles. The predicted octanol–water partition coefficient (Wildman–Crippen LogP) is 15.0. The zero-order valence-electron chi connectivity index (χ0n) is 48.0. The van der Waals surface area contributed by atoms with Gasteiger partial charge in [0.05, 0.1) is 25.4 Å². The van der Waals surface area contributed by atoms with Crippen LogP contribution in [0.25, 0.3) is 0 Å². The molecule has 0 saturated carbocycles. The van der Waals surface area contributed by atoms with Gasteiger partial charge in [-0.15, -0.1) is 0 Å². The zero-order chi connectivity index (χ0) is 53.8. The van der Waals surface area contributed by atoms with Crippen LogP contribution in [0.4, 0.5) is 0 Å². The summed E-state index contributed by atoms with van der Waals surface area (Å²) in [5, 5.41) is 65.0. The number of nitrogens with one attached hydrogen (secondary N) is 1. The molecular weight excluding hydrogens is 927 g/mol. The van der Waals surface area contributed by atoms with Crippen LogP contribution < -0.4 is 5.32 Å². The molecule has 1 fully saturated rings. The normalized spacial score (nSPS) is 19.7. The van der Waals surface area contributed by atoms with Crippen LogP contribution in [0.1, 0.15) is 290 Å². The van der Waals surface area contributed by atoms with Crippen molar-refractivity contribution in [3.8, 4) is 0 Å². The Labute approximate surface area is 455 Å². The zero-order valence-corrected chi connectivity index (χ0v) is 48.0. The molecule has 434 valence electrons. The smallest absolute Gasteiger partial charge is 0.249 e. The molecule has 0 radical (unpaired) electrons. The van der Waals surface area contributed by atoms with E-state index in [4.69, 9.17) is 9.47 Å². The highest BCUT2D eigenvalue weighted by Crippen LogP contribution is 2.23. The Morgan fingerprint density at radius 2 is 0.838 bits per heavy atom. The molecule has 7 N–H and O–H groups in total. The first-order valence-electron chi connectivity index (χ1n) is 31.5. The molecule has 1 amide bonds. The highest BCUT2D eigenvalue weighted by Gasteiger charge is 2.44. The second-order valence-electron chi connectivity index (χ2n) is 22.0. The summed E-state index contributed by atoms with van der Waals surface area (Å²) in [6, 6.07) is -0.998. The van der Waals surface area contributed by atoms with Crippen LogP contribution in [-0.2, 0) is 14.3 Å². The van der Waals surface area contributed by atoms with Gasteiger partial charge in [0.1, 0.15) is 30.5 Å². The number of rotatable bonds is 54. The van der Waals surface area contributed by atoms with Gasteiger partial charge in [-0.2, -0.15) is 0 Å². The van der Waals surface area contributed by atoms with Crippen LogP contribution in [0.5, 0.6) is 0 Å². The number of allylic oxidation sites excluding steroid dienone is 7. The van der Waals surface area contributed by atoms with Gasteiger partial charge in [-0.3, -0.25) is 4.79 Å². The summed E-state index contributed by atoms with van der Waals surface area (Å²) in [6.07, 6.45) is 61.0. The summed E-state index contributed by atoms with van der Waals surface area (Å²) in [4.78, 5) is 13.1. The quantitative estimate of drug-likeness (QED) is 0.0232. The van der Waals surface area contributed by atoms with E-state index >= 15 is 0 Å². The molecule has 8 unspecified atom stereocenters. The fourth-order valence-corrected chi connectivity index (χ4v) is 9.92. The number of hydrogen-bond donors (Lipinski definition) is 7. The molecular formula is C64H119NO9. The Morgan fingerprint density at radius 1 is 0.473 bits per heavy atom. The lowest BCUT2D eigenvalue weighted by Crippen LogP contribution is -2.60. The highest BCUT2D eigenvalue weighted by molar-refractivity contribution is 5.80. The van der Waals surface area contributed by atoms with E-state index in [1.165, 1.54) is 218 Å². The van der Waals surface area contributed by atoms with Crippen LogP contribution >= 0.6 is 0 Å². The Bertz CT molecular complexity index is 1320. The van der Waals surface area contributed by atoms with Crippen molar-refractivity contribution in [2.45, 2.75) is 339 Å². The first-order chi connectivity index (χ1) is 36.3. The van der Waals surface area contributed by atoms with Crippen molar-refractivity contribution in [3.05, 3.63) is 48.6 Å². The van der Waals surface area contributed by atoms with Crippen LogP contribution in [0.3, 0.4) is 0 Å². The largest absolute Gasteiger partial charge is 0.394 e. The molecule has 1 rings (SSSR count). The average molecular weight is 1050 g/mol. The van der Waals surface area contributed by atoms with Crippen LogP contribution in [-0.4, -0.2) is 98.7 Å². The first-order valence-corrected chi connectivity index (χ1v) is 31.5. The van der Waals surface area contributed by atoms with E-state index in [-0.39, 0.29) is 6.61 Å². The molecule has 1 saturated heterocycles. The number of carbonyl (C=O) groups excluding carboxylic acids is 1. The molecule has 74 heavy (non-hydrogen) atoms. The lowest BCUT2D eigenvalue weighted by Gasteiger charge is -2.40. The first kappa shape index (κ1) is 70.1. The molecule has 0 aromatic carbocycles. The number of unbranched alkanes of at least 4 members (excludes halogenated alkanes) is 37. The van der Waals surface area contributed by atoms with E-state index in [1.54, 1.807) is 6.08 Å². The third kappa shape index (κ3) is 41.2. The summed E-state index contributed by atoms with van der Waals surface area (Å²) in [5.41, 5.74) is 0. The topological polar surface area (TPSA) is 169 Å². The standard InChI is InChI=1S/C64H119NO9/c1-3-5-7-9-11-13-15-17-19-20-21-22-23-24-25-26-27-28-29-30-31-32-33-34-35-36-37-39-41-43-45-47-49-51-53-58(68)63(72)65-56(55-73-64-62(71)61(70)60(69)59(54-66)74-64)57(67)52-50-48-46-44-42-40-38-18-16-14-12-10-8-6-4-2/h23-24,26-27,42,44,50,52,56-62,64,66-71H,3-22,25,28-41,43,45-49,51,53-55H2,1-2H3,(H,65,72)/b24-23-,27-26-,44-42+,52-50+. The molecule has 1 aliphatic rings. The maximum absolute atomic E-state index is 13.1. The lowest BCUT2D eigenvalue weighted by atomic mass is 9.99. The van der Waals surface area contributed by atoms with E-state index < -0.39 is 61.5 Å². The lowest BCUT2D eigenvalue weighted by molar-refractivity contribution is -0.302. The average Bonchev–Trinajstić information content (AvgIpc) is 3.40. The van der Waals surface area contributed by atoms with Gasteiger partial charge in [0.2, 0.25) is 5.91 Å². The second-order valence-corrected chi connectivity index (χ2v) is 22.0. The maximum Gasteiger partial charge on any atom is 0.249 e. The predicted molar refractivity (Wildman–Crippen MR) is 310 cm³/mol. The second kappa shape index (κ2) is 53.1. The van der Waals surface area contributed by atoms with Gasteiger partial charge in [-0.1, -0.05) is 274 Å². The van der Waals surface area contributed by atoms with Gasteiger partial charge < -0.3 is 45.4 Å². The Morgan fingerprint density at radius 3 is 1.26 bits per heavy atom. The maximum atomic E-state index is 13.1. The van der Waals surface area contributed by atoms with Crippen molar-refractivity contribution in [1.82, 2.24) is 5.32 Å². The fraction of sp³-hybridized carbons (Fsp3) is 0.859. The number of aliphatic hydroxyl groups excluding tert-OH is 6. The summed E-state index contributed by atoms with van der Waals surface area (Å²) in [6.45, 7) is 3.62. The number of amides is 1. The SMILES string of the molecule is CCCCCCCCCCC/C=C/CC/C=C/C(O)C(COC1OC(CO)C(O)C(O)C1O)NC(=O)C(O)CCCCCCCCCCCCCCCCCC/C=C\C/C=C\CCCCCCCCCCCCC. The van der Waals surface area contributed by atoms with Gasteiger partial charge in [-0.25, -0.2) is 0 Å². The van der Waals surface area contributed by atoms with Crippen molar-refractivity contribution < 1.29 is 44.9 Å². The molecule has 10 nitrogen and oxygen atoms in total. The molecule has 0 aromatic rings. The van der Waals surface area contributed by atoms with Crippen molar-refractivity contribution in [2.75, 3.05) is 13.2 Å². The molecule has 1 aliphatic heterocycles. The minimum absolute atomic E-state index is 0.304. The van der Waals surface area contributed by atoms with Crippen LogP contribution in [0.15, 0.2) is 48.6 Å². The van der Waals surface area contributed by atoms with Gasteiger partial charge in [0.15, 0.2) is 6.29 Å². The van der Waals surface area contributed by atoms with Crippen LogP contribution in [0, 0.1) is 0 Å². The highest BCUT2D eigenvalue weighted by atomic mass is 16.7. The minimum atomic E-state index is -1.62. The van der Waals surface area contributed by atoms with Gasteiger partial charge in [0.25, 0.3) is 0 Å². The molecule has 8 atom stereocenters. The van der Waals surface area contributed by atoms with E-state index in [0.29, 0.717) is 19.3 Å². The van der Waals surface area contributed by atoms with E-state index in [0.717, 1.165) is 38.5 Å². The van der Waals surface area contributed by atoms with Gasteiger partial charge in [0, 0.05) is 0 Å². The summed E-state index contributed by atoms with van der Waals surface area (Å²) < 4.78 is 11.2. The number of aliphatic hydroxyl groups is 6. The molecule has 1 heterocycles. The Kier molecular flexibility index (Phi) is 50.3. The molecule has 0 bridgehead atoms. The monoisotopic (exact) mass is 1050 g/mol. The van der Waals surface area contributed by atoms with E-state index in [1.807, 2.05) is 6.08 Å². The molecule has 0 spiro atoms. The fourth-order valence-electron chi connectivity index (χ4n) is 9.92. The Hall–Kier alpha value is -1.89. The van der Waals surface area contributed by atoms with Crippen molar-refractivity contribution >= 4 is 5.91 Å². The van der Waals surface area contributed by atoms with Gasteiger partial charge in [-0.05, 0) is 64.2 Å². The van der Waals surface area contributed by atoms with Gasteiger partial charge >= 0.3 is 0 Å². The Balaban J connectivity index is 2.15. The van der Waals surface area contributed by atoms with E-state index in [2.05, 4.69) is 55.6 Å². The molecule has 10 heteroatoms. The van der Waals surface area contributed by atoms with E-state index in [9.17, 15) is 35.4 Å². The van der Waals surface area contributed by atoms with Crippen molar-refractivity contribution in [1.29, 1.82) is 0 Å². The summed E-state index contributed by atoms with van der Waals surface area (Å²) >= 11 is 0. The number of ether oxygens (including phenoxy) is 2. The summed E-state index contributed by atoms with van der Waals surface area (Å²) in [7, 11) is 0.